The summed E-state index contributed by atoms with van der Waals surface area (Å²) in [5.74, 6) is 1.51. The van der Waals surface area contributed by atoms with Crippen LogP contribution >= 0.6 is 0 Å². The smallest absolute Gasteiger partial charge is 0.0565 e. The summed E-state index contributed by atoms with van der Waals surface area (Å²) in [6, 6.07) is 0. The predicted octanol–water partition coefficient (Wildman–Crippen LogP) is 2.58. The first-order valence-electron chi connectivity index (χ1n) is 4.92. The zero-order valence-corrected chi connectivity index (χ0v) is 7.71. The largest absolute Gasteiger partial charge is 0.393 e. The zero-order valence-electron chi connectivity index (χ0n) is 7.71. The minimum Gasteiger partial charge on any atom is -0.393 e. The molecule has 0 bridgehead atoms. The Bertz CT molecular complexity index is 103. The summed E-state index contributed by atoms with van der Waals surface area (Å²) >= 11 is 0. The van der Waals surface area contributed by atoms with Crippen LogP contribution in [-0.4, -0.2) is 11.2 Å². The van der Waals surface area contributed by atoms with E-state index in [1.807, 2.05) is 0 Å². The SMILES string of the molecule is CCC(O)C1CCC(C)CC1. The molecular weight excluding hydrogens is 136 g/mol. The summed E-state index contributed by atoms with van der Waals surface area (Å²) in [4.78, 5) is 0. The quantitative estimate of drug-likeness (QED) is 0.651. The van der Waals surface area contributed by atoms with Crippen molar-refractivity contribution in [3.8, 4) is 0 Å². The molecule has 0 aliphatic heterocycles. The van der Waals surface area contributed by atoms with E-state index in [2.05, 4.69) is 13.8 Å². The van der Waals surface area contributed by atoms with Crippen LogP contribution in [0.4, 0.5) is 0 Å². The predicted molar refractivity (Wildman–Crippen MR) is 47.4 cm³/mol. The molecule has 0 heterocycles. The van der Waals surface area contributed by atoms with Crippen molar-refractivity contribution in [1.29, 1.82) is 0 Å². The second-order valence-electron chi connectivity index (χ2n) is 4.00. The maximum Gasteiger partial charge on any atom is 0.0565 e. The van der Waals surface area contributed by atoms with E-state index in [0.717, 1.165) is 12.3 Å². The highest BCUT2D eigenvalue weighted by molar-refractivity contribution is 4.74. The summed E-state index contributed by atoms with van der Waals surface area (Å²) < 4.78 is 0. The van der Waals surface area contributed by atoms with Crippen LogP contribution in [0, 0.1) is 11.8 Å². The topological polar surface area (TPSA) is 20.2 Å². The van der Waals surface area contributed by atoms with Crippen LogP contribution in [0.2, 0.25) is 0 Å². The fraction of sp³-hybridized carbons (Fsp3) is 1.00. The van der Waals surface area contributed by atoms with E-state index in [1.54, 1.807) is 0 Å². The van der Waals surface area contributed by atoms with Gasteiger partial charge in [0, 0.05) is 0 Å². The molecule has 1 rings (SSSR count). The summed E-state index contributed by atoms with van der Waals surface area (Å²) in [6.07, 6.45) is 6.04. The van der Waals surface area contributed by atoms with Crippen LogP contribution in [0.1, 0.15) is 46.0 Å². The van der Waals surface area contributed by atoms with E-state index < -0.39 is 0 Å². The minimum absolute atomic E-state index is 0.0255. The lowest BCUT2D eigenvalue weighted by Gasteiger charge is -2.29. The van der Waals surface area contributed by atoms with Crippen molar-refractivity contribution in [3.05, 3.63) is 0 Å². The van der Waals surface area contributed by atoms with Gasteiger partial charge in [-0.1, -0.05) is 26.7 Å². The lowest BCUT2D eigenvalue weighted by Crippen LogP contribution is -2.24. The fourth-order valence-electron chi connectivity index (χ4n) is 2.00. The van der Waals surface area contributed by atoms with Crippen molar-refractivity contribution in [2.24, 2.45) is 11.8 Å². The highest BCUT2D eigenvalue weighted by Crippen LogP contribution is 2.31. The van der Waals surface area contributed by atoms with Gasteiger partial charge in [-0.15, -0.1) is 0 Å². The Balaban J connectivity index is 2.27. The molecule has 1 saturated carbocycles. The fourth-order valence-corrected chi connectivity index (χ4v) is 2.00. The molecule has 0 saturated heterocycles. The van der Waals surface area contributed by atoms with Gasteiger partial charge in [0.05, 0.1) is 6.10 Å². The number of aliphatic hydroxyl groups is 1. The Hall–Kier alpha value is -0.0400. The lowest BCUT2D eigenvalue weighted by molar-refractivity contribution is 0.0728. The van der Waals surface area contributed by atoms with Gasteiger partial charge in [-0.2, -0.15) is 0 Å². The van der Waals surface area contributed by atoms with Crippen LogP contribution < -0.4 is 0 Å². The monoisotopic (exact) mass is 156 g/mol. The molecule has 1 N–H and O–H groups in total. The third kappa shape index (κ3) is 2.48. The molecule has 0 aromatic heterocycles. The molecule has 0 amide bonds. The van der Waals surface area contributed by atoms with Gasteiger partial charge < -0.3 is 5.11 Å². The summed E-state index contributed by atoms with van der Waals surface area (Å²) in [5, 5.41) is 9.57. The molecular formula is C10H20O. The van der Waals surface area contributed by atoms with Crippen molar-refractivity contribution in [2.45, 2.75) is 52.1 Å². The van der Waals surface area contributed by atoms with Crippen LogP contribution in [0.3, 0.4) is 0 Å². The summed E-state index contributed by atoms with van der Waals surface area (Å²) in [5.41, 5.74) is 0. The number of hydrogen-bond acceptors (Lipinski definition) is 1. The number of rotatable bonds is 2. The van der Waals surface area contributed by atoms with Crippen LogP contribution in [0.15, 0.2) is 0 Å². The average Bonchev–Trinajstić information content (AvgIpc) is 2.05. The third-order valence-electron chi connectivity index (χ3n) is 3.02. The van der Waals surface area contributed by atoms with Gasteiger partial charge in [0.2, 0.25) is 0 Å². The van der Waals surface area contributed by atoms with Crippen LogP contribution in [-0.2, 0) is 0 Å². The Kier molecular flexibility index (Phi) is 3.38. The standard InChI is InChI=1S/C10H20O/c1-3-10(11)9-6-4-8(2)5-7-9/h8-11H,3-7H2,1-2H3. The molecule has 66 valence electrons. The van der Waals surface area contributed by atoms with Gasteiger partial charge >= 0.3 is 0 Å². The number of hydrogen-bond donors (Lipinski definition) is 1. The molecule has 1 fully saturated rings. The minimum atomic E-state index is -0.0255. The van der Waals surface area contributed by atoms with Crippen molar-refractivity contribution in [1.82, 2.24) is 0 Å². The molecule has 1 atom stereocenters. The summed E-state index contributed by atoms with van der Waals surface area (Å²) in [7, 11) is 0. The second-order valence-corrected chi connectivity index (χ2v) is 4.00. The van der Waals surface area contributed by atoms with E-state index in [9.17, 15) is 5.11 Å². The molecule has 0 aromatic rings. The Morgan fingerprint density at radius 3 is 2.27 bits per heavy atom. The number of aliphatic hydroxyl groups excluding tert-OH is 1. The van der Waals surface area contributed by atoms with Gasteiger partial charge in [-0.3, -0.25) is 0 Å². The summed E-state index contributed by atoms with van der Waals surface area (Å²) in [6.45, 7) is 4.39. The van der Waals surface area contributed by atoms with Gasteiger partial charge in [0.1, 0.15) is 0 Å². The highest BCUT2D eigenvalue weighted by atomic mass is 16.3. The van der Waals surface area contributed by atoms with E-state index >= 15 is 0 Å². The van der Waals surface area contributed by atoms with E-state index in [4.69, 9.17) is 0 Å². The second kappa shape index (κ2) is 4.10. The molecule has 1 unspecified atom stereocenters. The molecule has 1 aliphatic carbocycles. The first kappa shape index (κ1) is 9.05. The lowest BCUT2D eigenvalue weighted by atomic mass is 9.80. The first-order valence-corrected chi connectivity index (χ1v) is 4.92. The molecule has 0 spiro atoms. The first-order chi connectivity index (χ1) is 5.24. The van der Waals surface area contributed by atoms with Crippen molar-refractivity contribution in [2.75, 3.05) is 0 Å². The van der Waals surface area contributed by atoms with Gasteiger partial charge in [-0.05, 0) is 31.1 Å². The molecule has 1 heteroatoms. The third-order valence-corrected chi connectivity index (χ3v) is 3.02. The van der Waals surface area contributed by atoms with Crippen molar-refractivity contribution in [3.63, 3.8) is 0 Å². The van der Waals surface area contributed by atoms with Crippen LogP contribution in [0.5, 0.6) is 0 Å². The zero-order chi connectivity index (χ0) is 8.27. The molecule has 0 aromatic carbocycles. The van der Waals surface area contributed by atoms with Gasteiger partial charge in [0.25, 0.3) is 0 Å². The van der Waals surface area contributed by atoms with Crippen molar-refractivity contribution < 1.29 is 5.11 Å². The average molecular weight is 156 g/mol. The maximum atomic E-state index is 9.57. The van der Waals surface area contributed by atoms with Gasteiger partial charge in [0.15, 0.2) is 0 Å². The molecule has 11 heavy (non-hydrogen) atoms. The van der Waals surface area contributed by atoms with Gasteiger partial charge in [-0.25, -0.2) is 0 Å². The molecule has 1 aliphatic rings. The Morgan fingerprint density at radius 2 is 1.82 bits per heavy atom. The van der Waals surface area contributed by atoms with Crippen molar-refractivity contribution >= 4 is 0 Å². The Morgan fingerprint density at radius 1 is 1.27 bits per heavy atom. The highest BCUT2D eigenvalue weighted by Gasteiger charge is 2.22. The Labute approximate surface area is 69.8 Å². The molecule has 0 radical (unpaired) electrons. The van der Waals surface area contributed by atoms with Crippen LogP contribution in [0.25, 0.3) is 0 Å². The maximum absolute atomic E-state index is 9.57. The molecule has 1 nitrogen and oxygen atoms in total. The van der Waals surface area contributed by atoms with E-state index in [-0.39, 0.29) is 6.10 Å². The van der Waals surface area contributed by atoms with E-state index in [0.29, 0.717) is 5.92 Å². The van der Waals surface area contributed by atoms with E-state index in [1.165, 1.54) is 25.7 Å². The normalized spacial score (nSPS) is 35.2.